The van der Waals surface area contributed by atoms with Gasteiger partial charge in [0.2, 0.25) is 0 Å². The zero-order valence-electron chi connectivity index (χ0n) is 6.24. The zero-order valence-corrected chi connectivity index (χ0v) is 7.83. The summed E-state index contributed by atoms with van der Waals surface area (Å²) in [5.41, 5.74) is 1.32. The van der Waals surface area contributed by atoms with Gasteiger partial charge in [0.1, 0.15) is 0 Å². The van der Waals surface area contributed by atoms with E-state index in [2.05, 4.69) is 35.9 Å². The molecule has 0 N–H and O–H groups in total. The number of hydrogen-bond donors (Lipinski definition) is 0. The largest absolute Gasteiger partial charge is 0.0874 e. The summed E-state index contributed by atoms with van der Waals surface area (Å²) < 4.78 is 1.29. The van der Waals surface area contributed by atoms with Gasteiger partial charge in [0.15, 0.2) is 0 Å². The van der Waals surface area contributed by atoms with E-state index < -0.39 is 0 Å². The third-order valence-corrected chi connectivity index (χ3v) is 2.34. The highest BCUT2D eigenvalue weighted by Gasteiger charge is 1.88. The van der Waals surface area contributed by atoms with Gasteiger partial charge in [-0.25, -0.2) is 0 Å². The van der Waals surface area contributed by atoms with E-state index in [1.54, 1.807) is 0 Å². The Morgan fingerprint density at radius 1 is 1.56 bits per heavy atom. The molecule has 0 aliphatic heterocycles. The predicted octanol–water partition coefficient (Wildman–Crippen LogP) is 3.64. The lowest BCUT2D eigenvalue weighted by Gasteiger charge is -1.95. The molecular formula is C8H13Br. The quantitative estimate of drug-likeness (QED) is 0.581. The Morgan fingerprint density at radius 3 is 2.44 bits per heavy atom. The van der Waals surface area contributed by atoms with Crippen molar-refractivity contribution < 1.29 is 0 Å². The molecule has 0 heterocycles. The predicted molar refractivity (Wildman–Crippen MR) is 46.7 cm³/mol. The van der Waals surface area contributed by atoms with E-state index in [1.165, 1.54) is 10.1 Å². The van der Waals surface area contributed by atoms with Crippen molar-refractivity contribution in [3.63, 3.8) is 0 Å². The summed E-state index contributed by atoms with van der Waals surface area (Å²) in [7, 11) is 0. The summed E-state index contributed by atoms with van der Waals surface area (Å²) in [6, 6.07) is 0. The molecule has 1 heteroatoms. The average Bonchev–Trinajstić information content (AvgIpc) is 1.87. The molecule has 0 amide bonds. The summed E-state index contributed by atoms with van der Waals surface area (Å²) in [5.74, 6) is 0. The Labute approximate surface area is 65.8 Å². The van der Waals surface area contributed by atoms with Gasteiger partial charge in [0, 0.05) is 0 Å². The molecule has 0 saturated carbocycles. The molecule has 0 radical (unpaired) electrons. The van der Waals surface area contributed by atoms with E-state index in [0.717, 1.165) is 6.42 Å². The summed E-state index contributed by atoms with van der Waals surface area (Å²) in [5, 5.41) is 0. The molecule has 0 saturated heterocycles. The molecule has 0 aromatic rings. The number of allylic oxidation sites excluding steroid dienone is 4. The van der Waals surface area contributed by atoms with Crippen LogP contribution in [0.3, 0.4) is 0 Å². The zero-order chi connectivity index (χ0) is 7.28. The fourth-order valence-corrected chi connectivity index (χ4v) is 0.751. The first kappa shape index (κ1) is 8.96. The minimum Gasteiger partial charge on any atom is -0.0874 e. The van der Waals surface area contributed by atoms with Gasteiger partial charge in [-0.05, 0) is 30.3 Å². The second-order valence-corrected chi connectivity index (χ2v) is 2.90. The second kappa shape index (κ2) is 4.80. The van der Waals surface area contributed by atoms with E-state index in [4.69, 9.17) is 0 Å². The molecule has 52 valence electrons. The summed E-state index contributed by atoms with van der Waals surface area (Å²) in [4.78, 5) is 0. The van der Waals surface area contributed by atoms with Gasteiger partial charge in [-0.3, -0.25) is 0 Å². The van der Waals surface area contributed by atoms with E-state index in [1.807, 2.05) is 13.0 Å². The molecule has 0 aromatic carbocycles. The van der Waals surface area contributed by atoms with Crippen LogP contribution in [0.25, 0.3) is 0 Å². The monoisotopic (exact) mass is 188 g/mol. The van der Waals surface area contributed by atoms with E-state index in [-0.39, 0.29) is 0 Å². The van der Waals surface area contributed by atoms with Crippen LogP contribution in [0.2, 0.25) is 0 Å². The van der Waals surface area contributed by atoms with E-state index in [9.17, 15) is 0 Å². The first-order valence-corrected chi connectivity index (χ1v) is 3.99. The Hall–Kier alpha value is -0.0400. The number of hydrogen-bond acceptors (Lipinski definition) is 0. The maximum Gasteiger partial charge on any atom is -0.00230 e. The van der Waals surface area contributed by atoms with E-state index in [0.29, 0.717) is 0 Å². The highest BCUT2D eigenvalue weighted by atomic mass is 79.9. The smallest absolute Gasteiger partial charge is 0.00230 e. The van der Waals surface area contributed by atoms with Crippen LogP contribution in [0.4, 0.5) is 0 Å². The lowest BCUT2D eigenvalue weighted by Crippen LogP contribution is -1.72. The van der Waals surface area contributed by atoms with Gasteiger partial charge in [0.25, 0.3) is 0 Å². The third-order valence-electron chi connectivity index (χ3n) is 1.15. The van der Waals surface area contributed by atoms with Crippen LogP contribution in [-0.4, -0.2) is 0 Å². The molecule has 9 heavy (non-hydrogen) atoms. The number of rotatable bonds is 2. The molecule has 0 rings (SSSR count). The first-order valence-electron chi connectivity index (χ1n) is 3.20. The fourth-order valence-electron chi connectivity index (χ4n) is 0.619. The fraction of sp³-hybridized carbons (Fsp3) is 0.500. The van der Waals surface area contributed by atoms with Crippen molar-refractivity contribution in [1.82, 2.24) is 0 Å². The number of halogens is 1. The summed E-state index contributed by atoms with van der Waals surface area (Å²) >= 11 is 3.47. The maximum atomic E-state index is 3.47. The van der Waals surface area contributed by atoms with Crippen LogP contribution in [-0.2, 0) is 0 Å². The Balaban J connectivity index is 4.10. The van der Waals surface area contributed by atoms with E-state index >= 15 is 0 Å². The molecule has 0 aromatic heterocycles. The molecule has 0 unspecified atom stereocenters. The van der Waals surface area contributed by atoms with Crippen LogP contribution in [0.5, 0.6) is 0 Å². The highest BCUT2D eigenvalue weighted by molar-refractivity contribution is 9.11. The van der Waals surface area contributed by atoms with Gasteiger partial charge < -0.3 is 0 Å². The van der Waals surface area contributed by atoms with Crippen LogP contribution >= 0.6 is 15.9 Å². The minimum atomic E-state index is 1.08. The Kier molecular flexibility index (Phi) is 4.78. The third kappa shape index (κ3) is 3.52. The Morgan fingerprint density at radius 2 is 2.11 bits per heavy atom. The summed E-state index contributed by atoms with van der Waals surface area (Å²) in [6.07, 6.45) is 5.23. The second-order valence-electron chi connectivity index (χ2n) is 1.94. The maximum absolute atomic E-state index is 3.47. The molecule has 0 spiro atoms. The molecule has 0 fully saturated rings. The van der Waals surface area contributed by atoms with Gasteiger partial charge in [0.05, 0.1) is 0 Å². The van der Waals surface area contributed by atoms with Gasteiger partial charge in [-0.1, -0.05) is 35.0 Å². The Bertz CT molecular complexity index is 132. The lowest BCUT2D eigenvalue weighted by atomic mass is 10.2. The van der Waals surface area contributed by atoms with Crippen molar-refractivity contribution in [2.24, 2.45) is 0 Å². The minimum absolute atomic E-state index is 1.08. The summed E-state index contributed by atoms with van der Waals surface area (Å²) in [6.45, 7) is 6.27. The first-order chi connectivity index (χ1) is 4.22. The molecule has 0 nitrogen and oxygen atoms in total. The van der Waals surface area contributed by atoms with Gasteiger partial charge in [-0.15, -0.1) is 0 Å². The molecule has 0 atom stereocenters. The van der Waals surface area contributed by atoms with Crippen LogP contribution < -0.4 is 0 Å². The van der Waals surface area contributed by atoms with Crippen LogP contribution in [0, 0.1) is 0 Å². The molecule has 0 aliphatic rings. The average molecular weight is 189 g/mol. The SMILES string of the molecule is C/C=C\C(C)=C(/Br)CC. The normalized spacial score (nSPS) is 14.2. The van der Waals surface area contributed by atoms with Crippen molar-refractivity contribution in [2.45, 2.75) is 27.2 Å². The lowest BCUT2D eigenvalue weighted by molar-refractivity contribution is 1.18. The van der Waals surface area contributed by atoms with Crippen molar-refractivity contribution >= 4 is 15.9 Å². The molecule has 0 aliphatic carbocycles. The topological polar surface area (TPSA) is 0 Å². The molecule has 0 bridgehead atoms. The standard InChI is InChI=1S/C8H13Br/c1-4-6-7(3)8(9)5-2/h4,6H,5H2,1-3H3/b6-4-,8-7-. The van der Waals surface area contributed by atoms with Crippen LogP contribution in [0.1, 0.15) is 27.2 Å². The van der Waals surface area contributed by atoms with Crippen molar-refractivity contribution in [3.8, 4) is 0 Å². The van der Waals surface area contributed by atoms with Crippen molar-refractivity contribution in [3.05, 3.63) is 22.2 Å². The van der Waals surface area contributed by atoms with Crippen molar-refractivity contribution in [1.29, 1.82) is 0 Å². The van der Waals surface area contributed by atoms with Crippen LogP contribution in [0.15, 0.2) is 22.2 Å². The van der Waals surface area contributed by atoms with Gasteiger partial charge in [-0.2, -0.15) is 0 Å². The van der Waals surface area contributed by atoms with Crippen molar-refractivity contribution in [2.75, 3.05) is 0 Å². The van der Waals surface area contributed by atoms with Gasteiger partial charge >= 0.3 is 0 Å². The highest BCUT2D eigenvalue weighted by Crippen LogP contribution is 2.15. The molecular weight excluding hydrogens is 176 g/mol.